The normalized spacial score (nSPS) is 9.20. The summed E-state index contributed by atoms with van der Waals surface area (Å²) >= 11 is 0. The molecule has 0 radical (unpaired) electrons. The predicted molar refractivity (Wildman–Crippen MR) is 48.2 cm³/mol. The Kier molecular flexibility index (Phi) is 20.4. The molecular formula is C8H10MgO6. The van der Waals surface area contributed by atoms with E-state index in [4.69, 9.17) is 10.2 Å². The summed E-state index contributed by atoms with van der Waals surface area (Å²) in [5.41, 5.74) is 0. The van der Waals surface area contributed by atoms with Crippen molar-refractivity contribution in [1.29, 1.82) is 0 Å². The molecule has 0 heterocycles. The molecule has 0 spiro atoms. The minimum Gasteiger partial charge on any atom is -0.545 e. The van der Waals surface area contributed by atoms with Gasteiger partial charge in [-0.1, -0.05) is 12.2 Å². The van der Waals surface area contributed by atoms with Crippen molar-refractivity contribution in [3.63, 3.8) is 0 Å². The summed E-state index contributed by atoms with van der Waals surface area (Å²) in [6.07, 6.45) is 3.74. The summed E-state index contributed by atoms with van der Waals surface area (Å²) < 4.78 is 0. The molecular weight excluding hydrogens is 216 g/mol. The van der Waals surface area contributed by atoms with Gasteiger partial charge in [0.25, 0.3) is 0 Å². The van der Waals surface area contributed by atoms with Crippen LogP contribution in [0.3, 0.4) is 0 Å². The number of carbonyl (C=O) groups excluding carboxylic acids is 2. The third-order valence-corrected chi connectivity index (χ3v) is 0.719. The van der Waals surface area contributed by atoms with Gasteiger partial charge in [0.2, 0.25) is 0 Å². The van der Waals surface area contributed by atoms with Crippen LogP contribution in [0, 0.1) is 0 Å². The molecule has 0 aliphatic heterocycles. The molecule has 0 aromatic heterocycles. The van der Waals surface area contributed by atoms with Crippen molar-refractivity contribution < 1.29 is 30.0 Å². The number of aliphatic hydroxyl groups is 2. The molecule has 0 saturated carbocycles. The molecule has 0 bridgehead atoms. The van der Waals surface area contributed by atoms with Crippen LogP contribution < -0.4 is 10.2 Å². The molecule has 2 N–H and O–H groups in total. The molecule has 80 valence electrons. The summed E-state index contributed by atoms with van der Waals surface area (Å²) in [5, 5.41) is 34.8. The molecule has 0 aromatic carbocycles. The molecule has 15 heavy (non-hydrogen) atoms. The molecule has 6 nitrogen and oxygen atoms in total. The van der Waals surface area contributed by atoms with Gasteiger partial charge >= 0.3 is 23.1 Å². The molecule has 7 heteroatoms. The molecule has 0 amide bonds. The van der Waals surface area contributed by atoms with E-state index in [9.17, 15) is 19.8 Å². The van der Waals surface area contributed by atoms with E-state index in [0.717, 1.165) is 24.3 Å². The Morgan fingerprint density at radius 2 is 1.20 bits per heavy atom. The first kappa shape index (κ1) is 19.6. The van der Waals surface area contributed by atoms with Gasteiger partial charge in [0.15, 0.2) is 0 Å². The van der Waals surface area contributed by atoms with Crippen LogP contribution in [0.15, 0.2) is 24.3 Å². The first-order valence-corrected chi connectivity index (χ1v) is 3.51. The summed E-state index contributed by atoms with van der Waals surface area (Å²) in [5.74, 6) is -2.57. The number of aliphatic hydroxyl groups excluding tert-OH is 2. The SMILES string of the molecule is O=C([O-])C=CCO.O=C([O-])C=CCO.[Mg+2]. The van der Waals surface area contributed by atoms with Crippen LogP contribution in [0.5, 0.6) is 0 Å². The number of aliphatic carboxylic acids is 2. The zero-order chi connectivity index (χ0) is 11.4. The van der Waals surface area contributed by atoms with E-state index in [1.54, 1.807) is 0 Å². The van der Waals surface area contributed by atoms with Crippen molar-refractivity contribution in [3.05, 3.63) is 24.3 Å². The van der Waals surface area contributed by atoms with Crippen molar-refractivity contribution in [1.82, 2.24) is 0 Å². The number of hydrogen-bond donors (Lipinski definition) is 2. The third-order valence-electron chi connectivity index (χ3n) is 0.719. The van der Waals surface area contributed by atoms with Gasteiger partial charge in [0.05, 0.1) is 25.2 Å². The van der Waals surface area contributed by atoms with Crippen molar-refractivity contribution >= 4 is 35.0 Å². The fourth-order valence-electron chi connectivity index (χ4n) is 0.298. The van der Waals surface area contributed by atoms with Crippen LogP contribution in [0.4, 0.5) is 0 Å². The van der Waals surface area contributed by atoms with Gasteiger partial charge in [-0.2, -0.15) is 0 Å². The van der Waals surface area contributed by atoms with Gasteiger partial charge in [-0.15, -0.1) is 0 Å². The fourth-order valence-corrected chi connectivity index (χ4v) is 0.298. The van der Waals surface area contributed by atoms with Gasteiger partial charge < -0.3 is 30.0 Å². The van der Waals surface area contributed by atoms with Gasteiger partial charge in [-0.05, 0) is 12.2 Å². The van der Waals surface area contributed by atoms with Crippen LogP contribution >= 0.6 is 0 Å². The van der Waals surface area contributed by atoms with E-state index < -0.39 is 11.9 Å². The third kappa shape index (κ3) is 32.0. The van der Waals surface area contributed by atoms with Crippen molar-refractivity contribution in [2.75, 3.05) is 13.2 Å². The van der Waals surface area contributed by atoms with Gasteiger partial charge in [-0.25, -0.2) is 0 Å². The Hall–Kier alpha value is -0.894. The fraction of sp³-hybridized carbons (Fsp3) is 0.250. The Morgan fingerprint density at radius 1 is 0.933 bits per heavy atom. The second kappa shape index (κ2) is 15.6. The first-order chi connectivity index (χ1) is 6.54. The maximum absolute atomic E-state index is 9.45. The zero-order valence-corrected chi connectivity index (χ0v) is 9.37. The van der Waals surface area contributed by atoms with Crippen LogP contribution in [0.25, 0.3) is 0 Å². The van der Waals surface area contributed by atoms with Gasteiger partial charge in [-0.3, -0.25) is 0 Å². The Morgan fingerprint density at radius 3 is 1.27 bits per heavy atom. The Bertz CT molecular complexity index is 199. The van der Waals surface area contributed by atoms with E-state index in [1.165, 1.54) is 0 Å². The topological polar surface area (TPSA) is 121 Å². The summed E-state index contributed by atoms with van der Waals surface area (Å²) in [6.45, 7) is -0.512. The molecule has 0 fully saturated rings. The monoisotopic (exact) mass is 226 g/mol. The van der Waals surface area contributed by atoms with Crippen LogP contribution in [0.1, 0.15) is 0 Å². The van der Waals surface area contributed by atoms with Crippen LogP contribution in [0.2, 0.25) is 0 Å². The molecule has 0 saturated heterocycles. The second-order valence-electron chi connectivity index (χ2n) is 1.81. The van der Waals surface area contributed by atoms with Crippen molar-refractivity contribution in [2.45, 2.75) is 0 Å². The first-order valence-electron chi connectivity index (χ1n) is 3.51. The molecule has 0 unspecified atom stereocenters. The Labute approximate surface area is 103 Å². The average molecular weight is 226 g/mol. The second-order valence-corrected chi connectivity index (χ2v) is 1.81. The maximum Gasteiger partial charge on any atom is 2.00 e. The minimum absolute atomic E-state index is 0. The van der Waals surface area contributed by atoms with Crippen molar-refractivity contribution in [3.8, 4) is 0 Å². The largest absolute Gasteiger partial charge is 2.00 e. The zero-order valence-electron chi connectivity index (χ0n) is 7.96. The summed E-state index contributed by atoms with van der Waals surface area (Å²) in [6, 6.07) is 0. The Balaban J connectivity index is -0.000000180. The quantitative estimate of drug-likeness (QED) is 0.374. The molecule has 0 atom stereocenters. The standard InChI is InChI=1S/2C4H6O3.Mg/c2*5-3-1-2-4(6)7;/h2*1-2,5H,3H2,(H,6,7);/q;;+2/p-2. The van der Waals surface area contributed by atoms with E-state index >= 15 is 0 Å². The maximum atomic E-state index is 9.45. The number of carbonyl (C=O) groups is 2. The van der Waals surface area contributed by atoms with Crippen molar-refractivity contribution in [2.24, 2.45) is 0 Å². The van der Waals surface area contributed by atoms with Crippen LogP contribution in [-0.2, 0) is 9.59 Å². The number of carboxylic acids is 2. The molecule has 0 aliphatic rings. The average Bonchev–Trinajstić information content (AvgIpc) is 2.12. The number of hydrogen-bond acceptors (Lipinski definition) is 6. The number of rotatable bonds is 4. The van der Waals surface area contributed by atoms with Gasteiger partial charge in [0.1, 0.15) is 0 Å². The molecule has 0 rings (SSSR count). The molecule has 0 aromatic rings. The minimum atomic E-state index is -1.28. The summed E-state index contributed by atoms with van der Waals surface area (Å²) in [7, 11) is 0. The van der Waals surface area contributed by atoms with E-state index in [1.807, 2.05) is 0 Å². The smallest absolute Gasteiger partial charge is 0.545 e. The number of carboxylic acid groups (broad SMARTS) is 2. The summed E-state index contributed by atoms with van der Waals surface area (Å²) in [4.78, 5) is 18.9. The van der Waals surface area contributed by atoms with Gasteiger partial charge in [0, 0.05) is 0 Å². The van der Waals surface area contributed by atoms with E-state index in [-0.39, 0.29) is 36.3 Å². The molecule has 0 aliphatic carbocycles. The van der Waals surface area contributed by atoms with Crippen LogP contribution in [-0.4, -0.2) is 58.4 Å². The predicted octanol–water partition coefficient (Wildman–Crippen LogP) is -3.81. The van der Waals surface area contributed by atoms with E-state index in [2.05, 4.69) is 0 Å². The van der Waals surface area contributed by atoms with E-state index in [0.29, 0.717) is 0 Å².